The highest BCUT2D eigenvalue weighted by Gasteiger charge is 2.15. The number of fused-ring (bicyclic) bond motifs is 1. The van der Waals surface area contributed by atoms with Crippen LogP contribution in [0.2, 0.25) is 0 Å². The Labute approximate surface area is 186 Å². The van der Waals surface area contributed by atoms with E-state index in [0.717, 1.165) is 28.3 Å². The molecular formula is C25H26N4OS. The molecule has 0 aliphatic rings. The number of aryl methyl sites for hydroxylation is 1. The van der Waals surface area contributed by atoms with Crippen molar-refractivity contribution in [2.75, 3.05) is 25.0 Å². The molecule has 6 heteroatoms. The first kappa shape index (κ1) is 21.0. The number of benzene rings is 2. The van der Waals surface area contributed by atoms with Gasteiger partial charge in [-0.1, -0.05) is 60.7 Å². The molecule has 1 amide bonds. The summed E-state index contributed by atoms with van der Waals surface area (Å²) >= 11 is 1.67. The second-order valence-electron chi connectivity index (χ2n) is 7.55. The van der Waals surface area contributed by atoms with Crippen molar-refractivity contribution in [3.05, 3.63) is 78.1 Å². The van der Waals surface area contributed by atoms with Gasteiger partial charge in [-0.3, -0.25) is 4.79 Å². The summed E-state index contributed by atoms with van der Waals surface area (Å²) in [4.78, 5) is 25.8. The highest BCUT2D eigenvalue weighted by molar-refractivity contribution is 7.21. The van der Waals surface area contributed by atoms with Gasteiger partial charge in [-0.25, -0.2) is 9.97 Å². The summed E-state index contributed by atoms with van der Waals surface area (Å²) in [6.45, 7) is 3.16. The van der Waals surface area contributed by atoms with Gasteiger partial charge in [-0.15, -0.1) is 11.3 Å². The number of rotatable bonds is 8. The van der Waals surface area contributed by atoms with Crippen molar-refractivity contribution in [1.29, 1.82) is 0 Å². The Balaban J connectivity index is 1.40. The molecule has 0 spiro atoms. The molecule has 1 N–H and O–H groups in total. The minimum atomic E-state index is 0.0556. The van der Waals surface area contributed by atoms with Gasteiger partial charge in [0.05, 0.1) is 5.39 Å². The molecule has 0 saturated carbocycles. The van der Waals surface area contributed by atoms with E-state index in [2.05, 4.69) is 50.5 Å². The highest BCUT2D eigenvalue weighted by atomic mass is 32.1. The lowest BCUT2D eigenvalue weighted by atomic mass is 10.1. The van der Waals surface area contributed by atoms with E-state index in [1.165, 1.54) is 16.0 Å². The normalized spacial score (nSPS) is 10.9. The van der Waals surface area contributed by atoms with Gasteiger partial charge in [0, 0.05) is 31.4 Å². The van der Waals surface area contributed by atoms with E-state index in [1.54, 1.807) is 11.3 Å². The van der Waals surface area contributed by atoms with Crippen LogP contribution in [0.25, 0.3) is 20.7 Å². The molecule has 158 valence electrons. The van der Waals surface area contributed by atoms with E-state index in [0.29, 0.717) is 19.5 Å². The number of hydrogen-bond donors (Lipinski definition) is 1. The van der Waals surface area contributed by atoms with Gasteiger partial charge in [0.2, 0.25) is 5.91 Å². The number of amides is 1. The first-order valence-corrected chi connectivity index (χ1v) is 11.3. The van der Waals surface area contributed by atoms with Crippen LogP contribution >= 0.6 is 11.3 Å². The van der Waals surface area contributed by atoms with E-state index in [1.807, 2.05) is 50.4 Å². The van der Waals surface area contributed by atoms with Gasteiger partial charge < -0.3 is 10.2 Å². The lowest BCUT2D eigenvalue weighted by Crippen LogP contribution is -2.30. The number of nitrogens with zero attached hydrogens (tertiary/aromatic N) is 3. The van der Waals surface area contributed by atoms with Crippen LogP contribution in [0.15, 0.2) is 66.7 Å². The second-order valence-corrected chi connectivity index (χ2v) is 8.58. The molecule has 2 aromatic carbocycles. The maximum absolute atomic E-state index is 12.3. The van der Waals surface area contributed by atoms with Crippen LogP contribution in [0.4, 0.5) is 5.82 Å². The van der Waals surface area contributed by atoms with Crippen molar-refractivity contribution in [2.24, 2.45) is 0 Å². The molecule has 0 aliphatic carbocycles. The van der Waals surface area contributed by atoms with Crippen LogP contribution in [0, 0.1) is 6.92 Å². The number of hydrogen-bond acceptors (Lipinski definition) is 5. The van der Waals surface area contributed by atoms with Gasteiger partial charge in [0.1, 0.15) is 16.5 Å². The molecular weight excluding hydrogens is 404 g/mol. The highest BCUT2D eigenvalue weighted by Crippen LogP contribution is 2.36. The summed E-state index contributed by atoms with van der Waals surface area (Å²) < 4.78 is 0. The number of carbonyl (C=O) groups excluding carboxylic acids is 1. The maximum atomic E-state index is 12.3. The molecule has 4 aromatic rings. The summed E-state index contributed by atoms with van der Waals surface area (Å²) in [7, 11) is 1.98. The number of anilines is 1. The minimum absolute atomic E-state index is 0.0556. The molecule has 2 heterocycles. The van der Waals surface area contributed by atoms with Gasteiger partial charge in [-0.2, -0.15) is 0 Å². The van der Waals surface area contributed by atoms with Gasteiger partial charge in [0.25, 0.3) is 0 Å². The van der Waals surface area contributed by atoms with E-state index in [-0.39, 0.29) is 5.91 Å². The monoisotopic (exact) mass is 430 g/mol. The zero-order valence-electron chi connectivity index (χ0n) is 17.8. The maximum Gasteiger partial charge on any atom is 0.221 e. The van der Waals surface area contributed by atoms with Crippen molar-refractivity contribution in [3.8, 4) is 10.4 Å². The molecule has 0 fully saturated rings. The molecule has 2 aromatic heterocycles. The standard InChI is InChI=1S/C25H26N4OS/c1-18-27-24(21-17-22(31-25(21)28-18)20-11-7-4-8-12-20)29(2)16-14-23(30)26-15-13-19-9-5-3-6-10-19/h3-12,17H,13-16H2,1-2H3,(H,26,30). The molecule has 31 heavy (non-hydrogen) atoms. The smallest absolute Gasteiger partial charge is 0.221 e. The quantitative estimate of drug-likeness (QED) is 0.434. The van der Waals surface area contributed by atoms with Crippen molar-refractivity contribution < 1.29 is 4.79 Å². The van der Waals surface area contributed by atoms with Crippen LogP contribution in [0.3, 0.4) is 0 Å². The summed E-state index contributed by atoms with van der Waals surface area (Å²) in [6, 6.07) is 22.7. The predicted molar refractivity (Wildman–Crippen MR) is 129 cm³/mol. The Morgan fingerprint density at radius 3 is 2.48 bits per heavy atom. The zero-order valence-corrected chi connectivity index (χ0v) is 18.7. The Kier molecular flexibility index (Phi) is 6.57. The van der Waals surface area contributed by atoms with Gasteiger partial charge in [-0.05, 0) is 30.5 Å². The fourth-order valence-electron chi connectivity index (χ4n) is 3.50. The second kappa shape index (κ2) is 9.71. The van der Waals surface area contributed by atoms with Gasteiger partial charge in [0.15, 0.2) is 0 Å². The molecule has 0 unspecified atom stereocenters. The van der Waals surface area contributed by atoms with Crippen LogP contribution < -0.4 is 10.2 Å². The Morgan fingerprint density at radius 2 is 1.74 bits per heavy atom. The number of carbonyl (C=O) groups is 1. The number of thiophene rings is 1. The van der Waals surface area contributed by atoms with Crippen LogP contribution in [-0.2, 0) is 11.2 Å². The van der Waals surface area contributed by atoms with E-state index in [9.17, 15) is 4.79 Å². The lowest BCUT2D eigenvalue weighted by Gasteiger charge is -2.19. The summed E-state index contributed by atoms with van der Waals surface area (Å²) in [6.07, 6.45) is 1.26. The Hall–Kier alpha value is -3.25. The number of aromatic nitrogens is 2. The fourth-order valence-corrected chi connectivity index (χ4v) is 4.58. The van der Waals surface area contributed by atoms with Crippen molar-refractivity contribution >= 4 is 33.3 Å². The molecule has 0 atom stereocenters. The summed E-state index contributed by atoms with van der Waals surface area (Å²) in [5.74, 6) is 1.67. The number of nitrogens with one attached hydrogen (secondary N) is 1. The first-order valence-electron chi connectivity index (χ1n) is 10.5. The lowest BCUT2D eigenvalue weighted by molar-refractivity contribution is -0.120. The first-order chi connectivity index (χ1) is 15.1. The average molecular weight is 431 g/mol. The molecule has 4 rings (SSSR count). The molecule has 0 radical (unpaired) electrons. The van der Waals surface area contributed by atoms with Crippen LogP contribution in [0.5, 0.6) is 0 Å². The SMILES string of the molecule is Cc1nc(N(C)CCC(=O)NCCc2ccccc2)c2cc(-c3ccccc3)sc2n1. The largest absolute Gasteiger partial charge is 0.359 e. The Bertz CT molecular complexity index is 1160. The Morgan fingerprint density at radius 1 is 1.03 bits per heavy atom. The average Bonchev–Trinajstić information content (AvgIpc) is 3.22. The van der Waals surface area contributed by atoms with Crippen LogP contribution in [0.1, 0.15) is 17.8 Å². The summed E-state index contributed by atoms with van der Waals surface area (Å²) in [5.41, 5.74) is 2.40. The minimum Gasteiger partial charge on any atom is -0.359 e. The van der Waals surface area contributed by atoms with Crippen molar-refractivity contribution in [2.45, 2.75) is 19.8 Å². The van der Waals surface area contributed by atoms with E-state index < -0.39 is 0 Å². The summed E-state index contributed by atoms with van der Waals surface area (Å²) in [5, 5.41) is 4.04. The third-order valence-electron chi connectivity index (χ3n) is 5.16. The van der Waals surface area contributed by atoms with Crippen molar-refractivity contribution in [1.82, 2.24) is 15.3 Å². The molecule has 0 bridgehead atoms. The zero-order chi connectivity index (χ0) is 21.6. The fraction of sp³-hybridized carbons (Fsp3) is 0.240. The third-order valence-corrected chi connectivity index (χ3v) is 6.24. The van der Waals surface area contributed by atoms with Gasteiger partial charge >= 0.3 is 0 Å². The van der Waals surface area contributed by atoms with Crippen molar-refractivity contribution in [3.63, 3.8) is 0 Å². The molecule has 0 aliphatic heterocycles. The van der Waals surface area contributed by atoms with E-state index >= 15 is 0 Å². The molecule has 0 saturated heterocycles. The topological polar surface area (TPSA) is 58.1 Å². The molecule has 5 nitrogen and oxygen atoms in total. The van der Waals surface area contributed by atoms with E-state index in [4.69, 9.17) is 0 Å². The predicted octanol–water partition coefficient (Wildman–Crippen LogP) is 4.85. The third kappa shape index (κ3) is 5.27. The van der Waals surface area contributed by atoms with Crippen LogP contribution in [-0.4, -0.2) is 36.0 Å².